The maximum Gasteiger partial charge on any atom is 0.243 e. The monoisotopic (exact) mass is 374 g/mol. The zero-order valence-electron chi connectivity index (χ0n) is 15.0. The largest absolute Gasteiger partial charge is 0.336 e. The minimum atomic E-state index is -0.277. The molecule has 1 N–H and O–H groups in total. The molecule has 0 radical (unpaired) electrons. The molecule has 2 aromatic carbocycles. The molecule has 0 bridgehead atoms. The predicted molar refractivity (Wildman–Crippen MR) is 104 cm³/mol. The zero-order valence-corrected chi connectivity index (χ0v) is 15.8. The van der Waals surface area contributed by atoms with Crippen molar-refractivity contribution < 1.29 is 14.0 Å². The zero-order chi connectivity index (χ0) is 18.9. The van der Waals surface area contributed by atoms with Gasteiger partial charge in [-0.25, -0.2) is 4.39 Å². The van der Waals surface area contributed by atoms with Crippen molar-refractivity contribution in [3.8, 4) is 0 Å². The molecule has 0 saturated heterocycles. The SMILES string of the molecule is CCc1ccccc1NC(=O)CN(C)C(=O)CCSc1ccc(F)cc1. The van der Waals surface area contributed by atoms with Crippen molar-refractivity contribution in [1.82, 2.24) is 4.90 Å². The number of hydrogen-bond acceptors (Lipinski definition) is 3. The summed E-state index contributed by atoms with van der Waals surface area (Å²) in [6.45, 7) is 2.04. The number of hydrogen-bond donors (Lipinski definition) is 1. The van der Waals surface area contributed by atoms with E-state index in [0.29, 0.717) is 12.2 Å². The number of rotatable bonds is 8. The van der Waals surface area contributed by atoms with Crippen LogP contribution in [0.5, 0.6) is 0 Å². The standard InChI is InChI=1S/C20H23FN2O2S/c1-3-15-6-4-5-7-18(15)22-19(24)14-23(2)20(25)12-13-26-17-10-8-16(21)9-11-17/h4-11H,3,12-14H2,1-2H3,(H,22,24). The second-order valence-electron chi connectivity index (χ2n) is 5.86. The lowest BCUT2D eigenvalue weighted by Crippen LogP contribution is -2.35. The topological polar surface area (TPSA) is 49.4 Å². The van der Waals surface area contributed by atoms with Gasteiger partial charge >= 0.3 is 0 Å². The van der Waals surface area contributed by atoms with Crippen molar-refractivity contribution in [2.24, 2.45) is 0 Å². The summed E-state index contributed by atoms with van der Waals surface area (Å²) in [5.74, 6) is -0.0120. The predicted octanol–water partition coefficient (Wildman–Crippen LogP) is 3.97. The van der Waals surface area contributed by atoms with Crippen molar-refractivity contribution in [3.63, 3.8) is 0 Å². The number of para-hydroxylation sites is 1. The van der Waals surface area contributed by atoms with Crippen LogP contribution in [0.3, 0.4) is 0 Å². The number of carbonyl (C=O) groups is 2. The summed E-state index contributed by atoms with van der Waals surface area (Å²) in [5, 5.41) is 2.86. The number of thioether (sulfide) groups is 1. The Labute approximate surface area is 157 Å². The lowest BCUT2D eigenvalue weighted by Gasteiger charge is -2.17. The van der Waals surface area contributed by atoms with Crippen molar-refractivity contribution in [2.75, 3.05) is 24.7 Å². The van der Waals surface area contributed by atoms with Gasteiger partial charge in [0, 0.05) is 29.8 Å². The average Bonchev–Trinajstić information content (AvgIpc) is 2.63. The van der Waals surface area contributed by atoms with E-state index in [-0.39, 0.29) is 24.2 Å². The van der Waals surface area contributed by atoms with Gasteiger partial charge in [-0.2, -0.15) is 0 Å². The summed E-state index contributed by atoms with van der Waals surface area (Å²) < 4.78 is 12.9. The molecule has 4 nitrogen and oxygen atoms in total. The molecule has 0 unspecified atom stereocenters. The van der Waals surface area contributed by atoms with Crippen LogP contribution in [0.25, 0.3) is 0 Å². The van der Waals surface area contributed by atoms with Crippen LogP contribution in [0.4, 0.5) is 10.1 Å². The smallest absolute Gasteiger partial charge is 0.243 e. The Morgan fingerprint density at radius 2 is 1.81 bits per heavy atom. The van der Waals surface area contributed by atoms with Crippen LogP contribution in [0.15, 0.2) is 53.4 Å². The summed E-state index contributed by atoms with van der Waals surface area (Å²) in [6.07, 6.45) is 1.14. The molecule has 0 aliphatic carbocycles. The first-order valence-corrected chi connectivity index (χ1v) is 9.48. The van der Waals surface area contributed by atoms with Crippen molar-refractivity contribution in [3.05, 3.63) is 59.9 Å². The van der Waals surface area contributed by atoms with Crippen LogP contribution in [0.2, 0.25) is 0 Å². The second kappa shape index (κ2) is 9.97. The van der Waals surface area contributed by atoms with E-state index < -0.39 is 0 Å². The van der Waals surface area contributed by atoms with E-state index >= 15 is 0 Å². The number of halogens is 1. The molecule has 26 heavy (non-hydrogen) atoms. The summed E-state index contributed by atoms with van der Waals surface area (Å²) in [5.41, 5.74) is 1.85. The highest BCUT2D eigenvalue weighted by atomic mass is 32.2. The summed E-state index contributed by atoms with van der Waals surface area (Å²) in [6, 6.07) is 13.8. The maximum atomic E-state index is 12.9. The Morgan fingerprint density at radius 1 is 1.12 bits per heavy atom. The molecule has 0 aromatic heterocycles. The number of aryl methyl sites for hydroxylation is 1. The lowest BCUT2D eigenvalue weighted by molar-refractivity contribution is -0.132. The molecule has 138 valence electrons. The highest BCUT2D eigenvalue weighted by Crippen LogP contribution is 2.19. The molecular weight excluding hydrogens is 351 g/mol. The Balaban J connectivity index is 1.77. The van der Waals surface area contributed by atoms with Gasteiger partial charge in [0.2, 0.25) is 11.8 Å². The Hall–Kier alpha value is -2.34. The number of nitrogens with zero attached hydrogens (tertiary/aromatic N) is 1. The maximum absolute atomic E-state index is 12.9. The van der Waals surface area contributed by atoms with Crippen LogP contribution in [0.1, 0.15) is 18.9 Å². The van der Waals surface area contributed by atoms with Crippen LogP contribution in [-0.2, 0) is 16.0 Å². The molecule has 0 heterocycles. The van der Waals surface area contributed by atoms with Crippen molar-refractivity contribution in [1.29, 1.82) is 0 Å². The molecule has 2 aromatic rings. The molecule has 0 saturated carbocycles. The van der Waals surface area contributed by atoms with Crippen LogP contribution in [0, 0.1) is 5.82 Å². The first-order valence-electron chi connectivity index (χ1n) is 8.49. The van der Waals surface area contributed by atoms with Crippen LogP contribution < -0.4 is 5.32 Å². The van der Waals surface area contributed by atoms with Gasteiger partial charge in [0.25, 0.3) is 0 Å². The molecule has 0 aliphatic rings. The first-order chi connectivity index (χ1) is 12.5. The van der Waals surface area contributed by atoms with Crippen LogP contribution in [-0.4, -0.2) is 36.1 Å². The van der Waals surface area contributed by atoms with Gasteiger partial charge in [-0.15, -0.1) is 11.8 Å². The normalized spacial score (nSPS) is 10.4. The second-order valence-corrected chi connectivity index (χ2v) is 7.03. The third-order valence-electron chi connectivity index (χ3n) is 3.88. The van der Waals surface area contributed by atoms with E-state index in [1.807, 2.05) is 31.2 Å². The highest BCUT2D eigenvalue weighted by Gasteiger charge is 2.14. The number of amides is 2. The molecule has 0 atom stereocenters. The molecule has 2 rings (SSSR count). The minimum absolute atomic E-state index is 0.0120. The number of benzene rings is 2. The van der Waals surface area contributed by atoms with E-state index in [9.17, 15) is 14.0 Å². The average molecular weight is 374 g/mol. The van der Waals surface area contributed by atoms with E-state index in [2.05, 4.69) is 5.32 Å². The third kappa shape index (κ3) is 6.19. The highest BCUT2D eigenvalue weighted by molar-refractivity contribution is 7.99. The van der Waals surface area contributed by atoms with Crippen molar-refractivity contribution in [2.45, 2.75) is 24.7 Å². The first kappa shape index (κ1) is 20.0. The number of carbonyl (C=O) groups excluding carboxylic acids is 2. The van der Waals surface area contributed by atoms with Gasteiger partial charge in [-0.1, -0.05) is 25.1 Å². The summed E-state index contributed by atoms with van der Waals surface area (Å²) in [4.78, 5) is 26.7. The van der Waals surface area contributed by atoms with Gasteiger partial charge in [-0.05, 0) is 42.3 Å². The number of anilines is 1. The van der Waals surface area contributed by atoms with E-state index in [0.717, 1.165) is 22.6 Å². The van der Waals surface area contributed by atoms with Gasteiger partial charge in [0.15, 0.2) is 0 Å². The molecule has 0 aliphatic heterocycles. The van der Waals surface area contributed by atoms with E-state index in [4.69, 9.17) is 0 Å². The Bertz CT molecular complexity index is 750. The lowest BCUT2D eigenvalue weighted by atomic mass is 10.1. The fourth-order valence-corrected chi connectivity index (χ4v) is 3.26. The van der Waals surface area contributed by atoms with Crippen molar-refractivity contribution >= 4 is 29.3 Å². The number of nitrogens with one attached hydrogen (secondary N) is 1. The van der Waals surface area contributed by atoms with Gasteiger partial charge in [0.1, 0.15) is 5.82 Å². The van der Waals surface area contributed by atoms with Gasteiger partial charge < -0.3 is 10.2 Å². The minimum Gasteiger partial charge on any atom is -0.336 e. The third-order valence-corrected chi connectivity index (χ3v) is 4.89. The molecule has 0 spiro atoms. The Kier molecular flexibility index (Phi) is 7.66. The van der Waals surface area contributed by atoms with E-state index in [1.54, 1.807) is 19.2 Å². The number of likely N-dealkylation sites (N-methyl/N-ethyl adjacent to an activating group) is 1. The quantitative estimate of drug-likeness (QED) is 0.712. The van der Waals surface area contributed by atoms with E-state index in [1.165, 1.54) is 28.8 Å². The van der Waals surface area contributed by atoms with Gasteiger partial charge in [-0.3, -0.25) is 9.59 Å². The van der Waals surface area contributed by atoms with Crippen LogP contribution >= 0.6 is 11.8 Å². The fourth-order valence-electron chi connectivity index (χ4n) is 2.42. The fraction of sp³-hybridized carbons (Fsp3) is 0.300. The van der Waals surface area contributed by atoms with Gasteiger partial charge in [0.05, 0.1) is 6.54 Å². The summed E-state index contributed by atoms with van der Waals surface area (Å²) >= 11 is 1.49. The molecule has 0 fully saturated rings. The Morgan fingerprint density at radius 3 is 2.50 bits per heavy atom. The molecule has 2 amide bonds. The molecule has 6 heteroatoms. The molecular formula is C20H23FN2O2S. The summed E-state index contributed by atoms with van der Waals surface area (Å²) in [7, 11) is 1.62.